The summed E-state index contributed by atoms with van der Waals surface area (Å²) in [5.74, 6) is -0.317. The van der Waals surface area contributed by atoms with Gasteiger partial charge in [-0.05, 0) is 49.1 Å². The summed E-state index contributed by atoms with van der Waals surface area (Å²) < 4.78 is 10.4. The molecule has 0 heterocycles. The molecule has 122 valence electrons. The molecule has 0 amide bonds. The number of hydrogen-bond acceptors (Lipinski definition) is 3. The predicted molar refractivity (Wildman–Crippen MR) is 92.6 cm³/mol. The van der Waals surface area contributed by atoms with Crippen LogP contribution in [-0.4, -0.2) is 25.3 Å². The molecular formula is C19H21ClO3. The van der Waals surface area contributed by atoms with Crippen LogP contribution in [0.4, 0.5) is 0 Å². The Hall–Kier alpha value is -1.84. The molecule has 4 heteroatoms. The van der Waals surface area contributed by atoms with Crippen LogP contribution in [0.2, 0.25) is 5.02 Å². The van der Waals surface area contributed by atoms with Crippen molar-refractivity contribution in [3.8, 4) is 11.1 Å². The molecule has 23 heavy (non-hydrogen) atoms. The predicted octanol–water partition coefficient (Wildman–Crippen LogP) is 4.52. The Kier molecular flexibility index (Phi) is 6.63. The van der Waals surface area contributed by atoms with Gasteiger partial charge < -0.3 is 9.47 Å². The first-order chi connectivity index (χ1) is 11.1. The highest BCUT2D eigenvalue weighted by atomic mass is 35.5. The Balaban J connectivity index is 1.93. The zero-order chi connectivity index (χ0) is 16.7. The van der Waals surface area contributed by atoms with Crippen molar-refractivity contribution in [1.29, 1.82) is 0 Å². The molecule has 0 saturated carbocycles. The van der Waals surface area contributed by atoms with Gasteiger partial charge in [0.25, 0.3) is 0 Å². The molecule has 0 radical (unpaired) electrons. The molecule has 0 bridgehead atoms. The topological polar surface area (TPSA) is 35.5 Å². The Morgan fingerprint density at radius 3 is 2.57 bits per heavy atom. The number of rotatable bonds is 7. The Labute approximate surface area is 142 Å². The molecular weight excluding hydrogens is 312 g/mol. The van der Waals surface area contributed by atoms with Gasteiger partial charge in [0.05, 0.1) is 13.2 Å². The van der Waals surface area contributed by atoms with Crippen molar-refractivity contribution in [2.75, 3.05) is 13.2 Å². The number of hydrogen-bond donors (Lipinski definition) is 0. The molecule has 0 aliphatic rings. The maximum atomic E-state index is 11.5. The summed E-state index contributed by atoms with van der Waals surface area (Å²) in [7, 11) is 0. The van der Waals surface area contributed by atoms with E-state index in [9.17, 15) is 4.79 Å². The van der Waals surface area contributed by atoms with E-state index in [-0.39, 0.29) is 5.97 Å². The first-order valence-corrected chi connectivity index (χ1v) is 8.11. The van der Waals surface area contributed by atoms with Crippen LogP contribution < -0.4 is 0 Å². The summed E-state index contributed by atoms with van der Waals surface area (Å²) >= 11 is 5.92. The van der Waals surface area contributed by atoms with E-state index >= 15 is 0 Å². The lowest BCUT2D eigenvalue weighted by molar-refractivity contribution is -0.155. The fourth-order valence-corrected chi connectivity index (χ4v) is 2.36. The Morgan fingerprint density at radius 2 is 1.87 bits per heavy atom. The van der Waals surface area contributed by atoms with E-state index in [1.807, 2.05) is 30.3 Å². The lowest BCUT2D eigenvalue weighted by atomic mass is 10.0. The van der Waals surface area contributed by atoms with E-state index in [2.05, 4.69) is 18.2 Å². The Morgan fingerprint density at radius 1 is 1.13 bits per heavy atom. The Bertz CT molecular complexity index is 637. The molecule has 0 saturated heterocycles. The molecule has 0 fully saturated rings. The lowest BCUT2D eigenvalue weighted by Crippen LogP contribution is -2.24. The van der Waals surface area contributed by atoms with Crippen molar-refractivity contribution in [3.63, 3.8) is 0 Å². The molecule has 0 aromatic heterocycles. The van der Waals surface area contributed by atoms with E-state index < -0.39 is 6.10 Å². The molecule has 0 aliphatic heterocycles. The van der Waals surface area contributed by atoms with Crippen LogP contribution in [0.1, 0.15) is 19.4 Å². The summed E-state index contributed by atoms with van der Waals surface area (Å²) in [6, 6.07) is 16.0. The fraction of sp³-hybridized carbons (Fsp3) is 0.316. The number of halogens is 1. The summed E-state index contributed by atoms with van der Waals surface area (Å²) in [6.45, 7) is 4.34. The number of ether oxygens (including phenoxy) is 2. The minimum Gasteiger partial charge on any atom is -0.464 e. The van der Waals surface area contributed by atoms with Crippen LogP contribution in [0.25, 0.3) is 11.1 Å². The summed E-state index contributed by atoms with van der Waals surface area (Å²) in [5.41, 5.74) is 3.42. The first kappa shape index (κ1) is 17.5. The standard InChI is InChI=1S/C19H21ClO3/c1-3-22-19(21)14(2)23-12-11-15-5-4-6-17(13-15)16-7-9-18(20)10-8-16/h4-10,13-14H,3,11-12H2,1-2H3. The van der Waals surface area contributed by atoms with Gasteiger partial charge in [0.1, 0.15) is 0 Å². The normalized spacial score (nSPS) is 12.0. The summed E-state index contributed by atoms with van der Waals surface area (Å²) in [5, 5.41) is 0.728. The second-order valence-corrected chi connectivity index (χ2v) is 5.66. The van der Waals surface area contributed by atoms with Gasteiger partial charge in [0.2, 0.25) is 0 Å². The molecule has 2 aromatic carbocycles. The van der Waals surface area contributed by atoms with Crippen LogP contribution in [-0.2, 0) is 20.7 Å². The van der Waals surface area contributed by atoms with E-state index in [1.165, 1.54) is 0 Å². The smallest absolute Gasteiger partial charge is 0.334 e. The minimum absolute atomic E-state index is 0.317. The average Bonchev–Trinajstić information content (AvgIpc) is 2.56. The second-order valence-electron chi connectivity index (χ2n) is 5.22. The monoisotopic (exact) mass is 332 g/mol. The first-order valence-electron chi connectivity index (χ1n) is 7.73. The van der Waals surface area contributed by atoms with Crippen LogP contribution in [0.15, 0.2) is 48.5 Å². The summed E-state index contributed by atoms with van der Waals surface area (Å²) in [4.78, 5) is 11.5. The molecule has 1 unspecified atom stereocenters. The molecule has 3 nitrogen and oxygen atoms in total. The molecule has 1 atom stereocenters. The van der Waals surface area contributed by atoms with Crippen LogP contribution >= 0.6 is 11.6 Å². The third kappa shape index (κ3) is 5.38. The van der Waals surface area contributed by atoms with Gasteiger partial charge in [-0.25, -0.2) is 4.79 Å². The minimum atomic E-state index is -0.533. The molecule has 0 aliphatic carbocycles. The average molecular weight is 333 g/mol. The molecule has 0 N–H and O–H groups in total. The highest BCUT2D eigenvalue weighted by Gasteiger charge is 2.13. The van der Waals surface area contributed by atoms with Crippen molar-refractivity contribution in [2.24, 2.45) is 0 Å². The molecule has 2 aromatic rings. The van der Waals surface area contributed by atoms with Gasteiger partial charge in [0, 0.05) is 5.02 Å². The van der Waals surface area contributed by atoms with Crippen molar-refractivity contribution in [3.05, 3.63) is 59.1 Å². The zero-order valence-electron chi connectivity index (χ0n) is 13.4. The van der Waals surface area contributed by atoms with Gasteiger partial charge in [-0.3, -0.25) is 0 Å². The van der Waals surface area contributed by atoms with Gasteiger partial charge in [0.15, 0.2) is 6.10 Å². The van der Waals surface area contributed by atoms with Crippen LogP contribution in [0.5, 0.6) is 0 Å². The van der Waals surface area contributed by atoms with Crippen molar-refractivity contribution in [2.45, 2.75) is 26.4 Å². The van der Waals surface area contributed by atoms with Crippen LogP contribution in [0, 0.1) is 0 Å². The van der Waals surface area contributed by atoms with Gasteiger partial charge in [-0.2, -0.15) is 0 Å². The highest BCUT2D eigenvalue weighted by molar-refractivity contribution is 6.30. The van der Waals surface area contributed by atoms with Crippen molar-refractivity contribution >= 4 is 17.6 Å². The van der Waals surface area contributed by atoms with Gasteiger partial charge in [-0.15, -0.1) is 0 Å². The number of esters is 1. The van der Waals surface area contributed by atoms with E-state index in [0.29, 0.717) is 13.2 Å². The quantitative estimate of drug-likeness (QED) is 0.699. The van der Waals surface area contributed by atoms with Gasteiger partial charge >= 0.3 is 5.97 Å². The third-order valence-electron chi connectivity index (χ3n) is 3.48. The van der Waals surface area contributed by atoms with Crippen molar-refractivity contribution < 1.29 is 14.3 Å². The van der Waals surface area contributed by atoms with E-state index in [1.54, 1.807) is 13.8 Å². The number of carbonyl (C=O) groups is 1. The van der Waals surface area contributed by atoms with Crippen LogP contribution in [0.3, 0.4) is 0 Å². The third-order valence-corrected chi connectivity index (χ3v) is 3.73. The second kappa shape index (κ2) is 8.70. The summed E-state index contributed by atoms with van der Waals surface area (Å²) in [6.07, 6.45) is 0.208. The maximum Gasteiger partial charge on any atom is 0.334 e. The SMILES string of the molecule is CCOC(=O)C(C)OCCc1cccc(-c2ccc(Cl)cc2)c1. The molecule has 2 rings (SSSR count). The van der Waals surface area contributed by atoms with E-state index in [0.717, 1.165) is 28.1 Å². The maximum absolute atomic E-state index is 11.5. The van der Waals surface area contributed by atoms with E-state index in [4.69, 9.17) is 21.1 Å². The zero-order valence-corrected chi connectivity index (χ0v) is 14.2. The number of carbonyl (C=O) groups excluding carboxylic acids is 1. The molecule has 0 spiro atoms. The van der Waals surface area contributed by atoms with Crippen molar-refractivity contribution in [1.82, 2.24) is 0 Å². The van der Waals surface area contributed by atoms with Gasteiger partial charge in [-0.1, -0.05) is 48.0 Å². The fourth-order valence-electron chi connectivity index (χ4n) is 2.23. The highest BCUT2D eigenvalue weighted by Crippen LogP contribution is 2.22. The lowest BCUT2D eigenvalue weighted by Gasteiger charge is -2.12. The largest absolute Gasteiger partial charge is 0.464 e. The number of benzene rings is 2.